The zero-order valence-corrected chi connectivity index (χ0v) is 15.1. The molecule has 0 aliphatic carbocycles. The van der Waals surface area contributed by atoms with E-state index in [2.05, 4.69) is 26.5 Å². The highest BCUT2D eigenvalue weighted by Gasteiger charge is 2.05. The number of methoxy groups -OCH3 is 1. The van der Waals surface area contributed by atoms with Gasteiger partial charge in [0, 0.05) is 21.9 Å². The number of hydrogen-bond donors (Lipinski definition) is 1. The average Bonchev–Trinajstić information content (AvgIpc) is 3.11. The normalized spacial score (nSPS) is 10.8. The Labute approximate surface area is 154 Å². The Bertz CT molecular complexity index is 901. The Morgan fingerprint density at radius 2 is 1.96 bits per heavy atom. The SMILES string of the molecule is COc1cccc(C(=O)NN=Cc2cccn2-c2ccc(Br)cc2)c1. The van der Waals surface area contributed by atoms with Crippen LogP contribution < -0.4 is 10.2 Å². The molecule has 0 aliphatic heterocycles. The van der Waals surface area contributed by atoms with E-state index in [1.165, 1.54) is 0 Å². The van der Waals surface area contributed by atoms with Crippen LogP contribution in [0.15, 0.2) is 76.4 Å². The molecule has 1 N–H and O–H groups in total. The largest absolute Gasteiger partial charge is 0.497 e. The van der Waals surface area contributed by atoms with Crippen molar-refractivity contribution in [3.05, 3.63) is 82.6 Å². The Balaban J connectivity index is 1.72. The van der Waals surface area contributed by atoms with Crippen LogP contribution in [0.4, 0.5) is 0 Å². The third kappa shape index (κ3) is 4.16. The van der Waals surface area contributed by atoms with E-state index in [1.54, 1.807) is 37.6 Å². The number of benzene rings is 2. The number of halogens is 1. The second-order valence-electron chi connectivity index (χ2n) is 5.21. The van der Waals surface area contributed by atoms with Gasteiger partial charge in [0.25, 0.3) is 5.91 Å². The molecule has 3 aromatic rings. The van der Waals surface area contributed by atoms with E-state index < -0.39 is 0 Å². The van der Waals surface area contributed by atoms with Gasteiger partial charge < -0.3 is 9.30 Å². The van der Waals surface area contributed by atoms with Gasteiger partial charge in [-0.25, -0.2) is 5.43 Å². The number of rotatable bonds is 5. The fourth-order valence-electron chi connectivity index (χ4n) is 2.32. The van der Waals surface area contributed by atoms with Crippen molar-refractivity contribution in [2.75, 3.05) is 7.11 Å². The van der Waals surface area contributed by atoms with Crippen LogP contribution in [0.25, 0.3) is 5.69 Å². The lowest BCUT2D eigenvalue weighted by Crippen LogP contribution is -2.17. The smallest absolute Gasteiger partial charge is 0.271 e. The predicted molar refractivity (Wildman–Crippen MR) is 102 cm³/mol. The molecule has 6 heteroatoms. The number of hydrazone groups is 1. The van der Waals surface area contributed by atoms with Gasteiger partial charge in [-0.15, -0.1) is 0 Å². The Morgan fingerprint density at radius 3 is 2.72 bits per heavy atom. The third-order valence-electron chi connectivity index (χ3n) is 3.58. The van der Waals surface area contributed by atoms with Crippen LogP contribution in [0.5, 0.6) is 5.75 Å². The molecule has 0 fully saturated rings. The van der Waals surface area contributed by atoms with E-state index in [4.69, 9.17) is 4.74 Å². The minimum atomic E-state index is -0.295. The highest BCUT2D eigenvalue weighted by atomic mass is 79.9. The number of nitrogens with one attached hydrogen (secondary N) is 1. The summed E-state index contributed by atoms with van der Waals surface area (Å²) in [6.07, 6.45) is 3.55. The van der Waals surface area contributed by atoms with Crippen LogP contribution >= 0.6 is 15.9 Å². The van der Waals surface area contributed by atoms with Gasteiger partial charge in [0.15, 0.2) is 0 Å². The first-order valence-corrected chi connectivity index (χ1v) is 8.37. The van der Waals surface area contributed by atoms with E-state index in [1.807, 2.05) is 47.2 Å². The minimum absolute atomic E-state index is 0.295. The van der Waals surface area contributed by atoms with Crippen LogP contribution in [0, 0.1) is 0 Å². The van der Waals surface area contributed by atoms with E-state index >= 15 is 0 Å². The topological polar surface area (TPSA) is 55.6 Å². The molecule has 1 amide bonds. The second-order valence-corrected chi connectivity index (χ2v) is 6.13. The molecule has 0 bridgehead atoms. The van der Waals surface area contributed by atoms with E-state index in [0.29, 0.717) is 11.3 Å². The van der Waals surface area contributed by atoms with Crippen molar-refractivity contribution in [1.82, 2.24) is 9.99 Å². The molecule has 2 aromatic carbocycles. The van der Waals surface area contributed by atoms with Crippen LogP contribution in [0.3, 0.4) is 0 Å². The lowest BCUT2D eigenvalue weighted by atomic mass is 10.2. The van der Waals surface area contributed by atoms with Gasteiger partial charge in [0.1, 0.15) is 5.75 Å². The van der Waals surface area contributed by atoms with Crippen molar-refractivity contribution < 1.29 is 9.53 Å². The highest BCUT2D eigenvalue weighted by Crippen LogP contribution is 2.16. The second kappa shape index (κ2) is 7.81. The lowest BCUT2D eigenvalue weighted by Gasteiger charge is -2.06. The van der Waals surface area contributed by atoms with Crippen LogP contribution in [0.2, 0.25) is 0 Å². The maximum Gasteiger partial charge on any atom is 0.271 e. The summed E-state index contributed by atoms with van der Waals surface area (Å²) in [5.41, 5.74) is 4.88. The summed E-state index contributed by atoms with van der Waals surface area (Å²) in [5.74, 6) is 0.331. The van der Waals surface area contributed by atoms with Crippen LogP contribution in [-0.2, 0) is 0 Å². The molecule has 126 valence electrons. The number of aromatic nitrogens is 1. The first-order valence-electron chi connectivity index (χ1n) is 7.58. The molecule has 0 saturated heterocycles. The molecule has 3 rings (SSSR count). The molecule has 0 unspecified atom stereocenters. The molecule has 0 spiro atoms. The molecule has 0 saturated carbocycles. The molecule has 5 nitrogen and oxygen atoms in total. The lowest BCUT2D eigenvalue weighted by molar-refractivity contribution is 0.0955. The van der Waals surface area contributed by atoms with Gasteiger partial charge in [0.2, 0.25) is 0 Å². The van der Waals surface area contributed by atoms with Crippen LogP contribution in [0.1, 0.15) is 16.1 Å². The molecule has 0 atom stereocenters. The molecular weight excluding hydrogens is 382 g/mol. The van der Waals surface area contributed by atoms with Gasteiger partial charge in [-0.1, -0.05) is 22.0 Å². The zero-order valence-electron chi connectivity index (χ0n) is 13.5. The number of ether oxygens (including phenoxy) is 1. The van der Waals surface area contributed by atoms with Gasteiger partial charge in [-0.05, 0) is 54.6 Å². The Kier molecular flexibility index (Phi) is 5.30. The van der Waals surface area contributed by atoms with Crippen molar-refractivity contribution in [1.29, 1.82) is 0 Å². The summed E-state index contributed by atoms with van der Waals surface area (Å²) in [6.45, 7) is 0. The Morgan fingerprint density at radius 1 is 1.16 bits per heavy atom. The monoisotopic (exact) mass is 397 g/mol. The van der Waals surface area contributed by atoms with Gasteiger partial charge in [-0.2, -0.15) is 5.10 Å². The zero-order chi connectivity index (χ0) is 17.6. The molecule has 0 radical (unpaired) electrons. The van der Waals surface area contributed by atoms with Crippen LogP contribution in [-0.4, -0.2) is 23.8 Å². The summed E-state index contributed by atoms with van der Waals surface area (Å²) in [5, 5.41) is 4.05. The number of carbonyl (C=O) groups is 1. The predicted octanol–water partition coefficient (Wildman–Crippen LogP) is 4.01. The maximum absolute atomic E-state index is 12.1. The van der Waals surface area contributed by atoms with Crippen molar-refractivity contribution in [3.63, 3.8) is 0 Å². The third-order valence-corrected chi connectivity index (χ3v) is 4.11. The first kappa shape index (κ1) is 17.0. The van der Waals surface area contributed by atoms with Crippen molar-refractivity contribution in [2.24, 2.45) is 5.10 Å². The molecular formula is C19H16BrN3O2. The fraction of sp³-hybridized carbons (Fsp3) is 0.0526. The summed E-state index contributed by atoms with van der Waals surface area (Å²) >= 11 is 3.43. The standard InChI is InChI=1S/C19H16BrN3O2/c1-25-18-6-2-4-14(12-18)19(24)22-21-13-17-5-3-11-23(17)16-9-7-15(20)8-10-16/h2-13H,1H3,(H,22,24). The van der Waals surface area contributed by atoms with Gasteiger partial charge >= 0.3 is 0 Å². The average molecular weight is 398 g/mol. The molecule has 1 aromatic heterocycles. The van der Waals surface area contributed by atoms with Crippen molar-refractivity contribution >= 4 is 28.1 Å². The molecule has 25 heavy (non-hydrogen) atoms. The van der Waals surface area contributed by atoms with E-state index in [0.717, 1.165) is 15.9 Å². The van der Waals surface area contributed by atoms with E-state index in [9.17, 15) is 4.79 Å². The summed E-state index contributed by atoms with van der Waals surface area (Å²) in [7, 11) is 1.56. The fourth-order valence-corrected chi connectivity index (χ4v) is 2.59. The summed E-state index contributed by atoms with van der Waals surface area (Å²) < 4.78 is 8.11. The van der Waals surface area contributed by atoms with E-state index in [-0.39, 0.29) is 5.91 Å². The van der Waals surface area contributed by atoms with Gasteiger partial charge in [0.05, 0.1) is 19.0 Å². The number of hydrogen-bond acceptors (Lipinski definition) is 3. The number of carbonyl (C=O) groups excluding carboxylic acids is 1. The minimum Gasteiger partial charge on any atom is -0.497 e. The molecule has 1 heterocycles. The number of amides is 1. The molecule has 0 aliphatic rings. The van der Waals surface area contributed by atoms with Crippen molar-refractivity contribution in [3.8, 4) is 11.4 Å². The Hall–Kier alpha value is -2.86. The quantitative estimate of drug-likeness (QED) is 0.522. The maximum atomic E-state index is 12.1. The van der Waals surface area contributed by atoms with Crippen molar-refractivity contribution in [2.45, 2.75) is 0 Å². The highest BCUT2D eigenvalue weighted by molar-refractivity contribution is 9.10. The first-order chi connectivity index (χ1) is 12.2. The van der Waals surface area contributed by atoms with Gasteiger partial charge in [-0.3, -0.25) is 4.79 Å². The summed E-state index contributed by atoms with van der Waals surface area (Å²) in [4.78, 5) is 12.1. The summed E-state index contributed by atoms with van der Waals surface area (Å²) in [6, 6.07) is 18.7. The number of nitrogens with zero attached hydrogens (tertiary/aromatic N) is 2.